The van der Waals surface area contributed by atoms with Crippen LogP contribution in [0.5, 0.6) is 0 Å². The lowest BCUT2D eigenvalue weighted by Crippen LogP contribution is -2.43. The fourth-order valence-electron chi connectivity index (χ4n) is 3.25. The Morgan fingerprint density at radius 3 is 2.54 bits per heavy atom. The fourth-order valence-corrected chi connectivity index (χ4v) is 4.37. The van der Waals surface area contributed by atoms with Gasteiger partial charge in [-0.1, -0.05) is 25.8 Å². The normalized spacial score (nSPS) is 19.8. The molecular formula is C20H30N2O5S. The van der Waals surface area contributed by atoms with Gasteiger partial charge in [0.15, 0.2) is 6.61 Å². The van der Waals surface area contributed by atoms with Crippen molar-refractivity contribution in [2.75, 3.05) is 13.2 Å². The Balaban J connectivity index is 1.71. The number of carbonyl (C=O) groups is 2. The second kappa shape index (κ2) is 10.0. The Kier molecular flexibility index (Phi) is 8.00. The molecule has 1 amide bonds. The first kappa shape index (κ1) is 22.4. The van der Waals surface area contributed by atoms with E-state index in [9.17, 15) is 18.0 Å². The molecule has 0 bridgehead atoms. The van der Waals surface area contributed by atoms with Crippen molar-refractivity contribution in [3.8, 4) is 0 Å². The summed E-state index contributed by atoms with van der Waals surface area (Å²) in [5, 5.41) is 2.91. The van der Waals surface area contributed by atoms with Gasteiger partial charge in [-0.15, -0.1) is 0 Å². The molecule has 0 heterocycles. The first-order valence-corrected chi connectivity index (χ1v) is 11.2. The van der Waals surface area contributed by atoms with Crippen LogP contribution in [0.3, 0.4) is 0 Å². The van der Waals surface area contributed by atoms with Gasteiger partial charge in [-0.25, -0.2) is 13.1 Å². The van der Waals surface area contributed by atoms with Crippen LogP contribution in [0.25, 0.3) is 0 Å². The summed E-state index contributed by atoms with van der Waals surface area (Å²) in [6, 6.07) is 4.99. The molecule has 7 nitrogen and oxygen atoms in total. The Labute approximate surface area is 167 Å². The predicted octanol–water partition coefficient (Wildman–Crippen LogP) is 2.21. The Morgan fingerprint density at radius 2 is 1.86 bits per heavy atom. The highest BCUT2D eigenvalue weighted by Crippen LogP contribution is 2.23. The minimum absolute atomic E-state index is 0.0879. The van der Waals surface area contributed by atoms with Crippen molar-refractivity contribution in [2.45, 2.75) is 63.8 Å². The van der Waals surface area contributed by atoms with Crippen molar-refractivity contribution in [1.29, 1.82) is 0 Å². The molecule has 2 atom stereocenters. The zero-order chi connectivity index (χ0) is 20.7. The van der Waals surface area contributed by atoms with Crippen LogP contribution in [-0.4, -0.2) is 39.5 Å². The highest BCUT2D eigenvalue weighted by molar-refractivity contribution is 7.89. The van der Waals surface area contributed by atoms with Crippen molar-refractivity contribution in [3.05, 3.63) is 29.3 Å². The van der Waals surface area contributed by atoms with Crippen LogP contribution in [-0.2, 0) is 24.3 Å². The topological polar surface area (TPSA) is 102 Å². The number of sulfonamides is 1. The van der Waals surface area contributed by atoms with Crippen LogP contribution >= 0.6 is 0 Å². The third-order valence-corrected chi connectivity index (χ3v) is 6.69. The summed E-state index contributed by atoms with van der Waals surface area (Å²) in [6.07, 6.45) is 4.17. The summed E-state index contributed by atoms with van der Waals surface area (Å²) in [5.74, 6) is -0.509. The van der Waals surface area contributed by atoms with Crippen molar-refractivity contribution >= 4 is 21.9 Å². The Bertz CT molecular complexity index is 807. The number of esters is 1. The minimum atomic E-state index is -3.69. The van der Waals surface area contributed by atoms with E-state index in [1.54, 1.807) is 12.1 Å². The van der Waals surface area contributed by atoms with Crippen molar-refractivity contribution in [1.82, 2.24) is 10.0 Å². The second-order valence-electron chi connectivity index (χ2n) is 7.49. The molecule has 0 radical (unpaired) electrons. The van der Waals surface area contributed by atoms with E-state index in [-0.39, 0.29) is 36.4 Å². The van der Waals surface area contributed by atoms with Gasteiger partial charge < -0.3 is 10.1 Å². The van der Waals surface area contributed by atoms with Gasteiger partial charge in [-0.2, -0.15) is 0 Å². The minimum Gasteiger partial charge on any atom is -0.456 e. The van der Waals surface area contributed by atoms with E-state index in [0.29, 0.717) is 5.92 Å². The van der Waals surface area contributed by atoms with Gasteiger partial charge in [0.2, 0.25) is 10.0 Å². The summed E-state index contributed by atoms with van der Waals surface area (Å²) in [4.78, 5) is 23.9. The van der Waals surface area contributed by atoms with Gasteiger partial charge in [0.1, 0.15) is 0 Å². The van der Waals surface area contributed by atoms with Crippen LogP contribution in [0, 0.1) is 19.8 Å². The van der Waals surface area contributed by atoms with Crippen molar-refractivity contribution < 1.29 is 22.7 Å². The molecule has 2 N–H and O–H groups in total. The highest BCUT2D eigenvalue weighted by atomic mass is 32.2. The van der Waals surface area contributed by atoms with Crippen molar-refractivity contribution in [2.24, 2.45) is 5.92 Å². The standard InChI is InChI=1S/C20H30N2O5S/c1-14-8-9-17(12-16(14)3)28(25,26)21-11-10-20(24)27-13-19(23)22-18-7-5-4-6-15(18)2/h8-9,12,15,18,21H,4-7,10-11,13H2,1-3H3,(H,22,23)/t15-,18+/m1/s1. The van der Waals surface area contributed by atoms with Gasteiger partial charge in [-0.3, -0.25) is 9.59 Å². The molecule has 1 aromatic rings. The first-order chi connectivity index (χ1) is 13.2. The number of aryl methyl sites for hydroxylation is 2. The molecule has 8 heteroatoms. The Morgan fingerprint density at radius 1 is 1.14 bits per heavy atom. The molecular weight excluding hydrogens is 380 g/mol. The van der Waals surface area contributed by atoms with E-state index in [2.05, 4.69) is 17.0 Å². The quantitative estimate of drug-likeness (QED) is 0.640. The molecule has 0 saturated heterocycles. The number of benzene rings is 1. The number of hydrogen-bond donors (Lipinski definition) is 2. The largest absolute Gasteiger partial charge is 0.456 e. The van der Waals surface area contributed by atoms with E-state index in [0.717, 1.165) is 30.4 Å². The third kappa shape index (κ3) is 6.60. The number of carbonyl (C=O) groups excluding carboxylic acids is 2. The number of hydrogen-bond acceptors (Lipinski definition) is 5. The van der Waals surface area contributed by atoms with E-state index >= 15 is 0 Å². The lowest BCUT2D eigenvalue weighted by Gasteiger charge is -2.29. The molecule has 1 aromatic carbocycles. The summed E-state index contributed by atoms with van der Waals surface area (Å²) in [7, 11) is -3.69. The van der Waals surface area contributed by atoms with Crippen molar-refractivity contribution in [3.63, 3.8) is 0 Å². The maximum atomic E-state index is 12.3. The number of amides is 1. The van der Waals surface area contributed by atoms with E-state index < -0.39 is 16.0 Å². The monoisotopic (exact) mass is 410 g/mol. The van der Waals surface area contributed by atoms with Crippen LogP contribution in [0.2, 0.25) is 0 Å². The zero-order valence-corrected chi connectivity index (χ0v) is 17.6. The SMILES string of the molecule is Cc1ccc(S(=O)(=O)NCCC(=O)OCC(=O)N[C@H]2CCCC[C@H]2C)cc1C. The molecule has 2 rings (SSSR count). The molecule has 1 saturated carbocycles. The molecule has 156 valence electrons. The van der Waals surface area contributed by atoms with Crippen LogP contribution in [0.1, 0.15) is 50.2 Å². The van der Waals surface area contributed by atoms with Crippen LogP contribution in [0.15, 0.2) is 23.1 Å². The second-order valence-corrected chi connectivity index (χ2v) is 9.26. The average molecular weight is 411 g/mol. The van der Waals surface area contributed by atoms with Crippen LogP contribution in [0.4, 0.5) is 0 Å². The van der Waals surface area contributed by atoms with Gasteiger partial charge in [0, 0.05) is 12.6 Å². The predicted molar refractivity (Wildman–Crippen MR) is 106 cm³/mol. The van der Waals surface area contributed by atoms with Crippen LogP contribution < -0.4 is 10.0 Å². The number of ether oxygens (including phenoxy) is 1. The molecule has 1 fully saturated rings. The molecule has 0 aliphatic heterocycles. The lowest BCUT2D eigenvalue weighted by atomic mass is 9.86. The summed E-state index contributed by atoms with van der Waals surface area (Å²) < 4.78 is 31.9. The summed E-state index contributed by atoms with van der Waals surface area (Å²) >= 11 is 0. The average Bonchev–Trinajstić information content (AvgIpc) is 2.64. The molecule has 1 aliphatic carbocycles. The highest BCUT2D eigenvalue weighted by Gasteiger charge is 2.23. The maximum Gasteiger partial charge on any atom is 0.307 e. The van der Waals surface area contributed by atoms with E-state index in [4.69, 9.17) is 4.74 Å². The zero-order valence-electron chi connectivity index (χ0n) is 16.8. The number of nitrogens with one attached hydrogen (secondary N) is 2. The number of rotatable bonds is 8. The summed E-state index contributed by atoms with van der Waals surface area (Å²) in [5.41, 5.74) is 1.88. The Hall–Kier alpha value is -1.93. The first-order valence-electron chi connectivity index (χ1n) is 9.71. The smallest absolute Gasteiger partial charge is 0.307 e. The molecule has 1 aliphatic rings. The third-order valence-electron chi connectivity index (χ3n) is 5.23. The van der Waals surface area contributed by atoms with Gasteiger partial charge in [0.25, 0.3) is 5.91 Å². The molecule has 28 heavy (non-hydrogen) atoms. The van der Waals surface area contributed by atoms with E-state index in [1.807, 2.05) is 13.8 Å². The molecule has 0 spiro atoms. The van der Waals surface area contributed by atoms with Gasteiger partial charge >= 0.3 is 5.97 Å². The fraction of sp³-hybridized carbons (Fsp3) is 0.600. The molecule has 0 aromatic heterocycles. The van der Waals surface area contributed by atoms with Gasteiger partial charge in [-0.05, 0) is 55.9 Å². The maximum absolute atomic E-state index is 12.3. The summed E-state index contributed by atoms with van der Waals surface area (Å²) in [6.45, 7) is 5.42. The molecule has 0 unspecified atom stereocenters. The lowest BCUT2D eigenvalue weighted by molar-refractivity contribution is -0.148. The van der Waals surface area contributed by atoms with Gasteiger partial charge in [0.05, 0.1) is 11.3 Å². The van der Waals surface area contributed by atoms with E-state index in [1.165, 1.54) is 12.5 Å².